The van der Waals surface area contributed by atoms with Crippen LogP contribution in [0.3, 0.4) is 0 Å². The number of benzene rings is 2. The van der Waals surface area contributed by atoms with Gasteiger partial charge in [0.2, 0.25) is 5.91 Å². The first-order valence-electron chi connectivity index (χ1n) is 8.03. The normalized spacial score (nSPS) is 11.7. The van der Waals surface area contributed by atoms with E-state index in [4.69, 9.17) is 11.6 Å². The number of hydrogen-bond donors (Lipinski definition) is 2. The van der Waals surface area contributed by atoms with Crippen LogP contribution in [0.4, 0.5) is 5.69 Å². The van der Waals surface area contributed by atoms with E-state index in [-0.39, 0.29) is 17.7 Å². The maximum atomic E-state index is 12.3. The molecule has 0 heterocycles. The van der Waals surface area contributed by atoms with Crippen LogP contribution in [0.25, 0.3) is 0 Å². The van der Waals surface area contributed by atoms with E-state index in [0.29, 0.717) is 21.6 Å². The molecular weight excluding hydrogens is 404 g/mol. The zero-order valence-corrected chi connectivity index (χ0v) is 16.4. The Morgan fingerprint density at radius 3 is 2.68 bits per heavy atom. The molecule has 2 rings (SSSR count). The second-order valence-electron chi connectivity index (χ2n) is 5.81. The molecule has 0 spiro atoms. The van der Waals surface area contributed by atoms with E-state index in [9.17, 15) is 9.59 Å². The van der Waals surface area contributed by atoms with Crippen molar-refractivity contribution in [2.75, 3.05) is 5.32 Å². The number of amides is 2. The van der Waals surface area contributed by atoms with Crippen LogP contribution in [-0.2, 0) is 11.3 Å². The molecule has 0 aliphatic rings. The Bertz CT molecular complexity index is 780. The largest absolute Gasteiger partial charge is 0.348 e. The Morgan fingerprint density at radius 1 is 1.20 bits per heavy atom. The molecule has 1 atom stereocenters. The molecule has 2 amide bonds. The highest BCUT2D eigenvalue weighted by atomic mass is 79.9. The van der Waals surface area contributed by atoms with Crippen molar-refractivity contribution >= 4 is 45.0 Å². The van der Waals surface area contributed by atoms with Crippen LogP contribution >= 0.6 is 27.5 Å². The Balaban J connectivity index is 2.01. The van der Waals surface area contributed by atoms with Gasteiger partial charge in [-0.05, 0) is 58.2 Å². The predicted molar refractivity (Wildman–Crippen MR) is 105 cm³/mol. The maximum absolute atomic E-state index is 12.3. The highest BCUT2D eigenvalue weighted by molar-refractivity contribution is 9.10. The summed E-state index contributed by atoms with van der Waals surface area (Å²) in [5.74, 6) is -0.265. The number of carbonyl (C=O) groups is 2. The van der Waals surface area contributed by atoms with Gasteiger partial charge in [-0.25, -0.2) is 0 Å². The summed E-state index contributed by atoms with van der Waals surface area (Å²) in [5.41, 5.74) is 2.10. The van der Waals surface area contributed by atoms with Crippen molar-refractivity contribution in [3.63, 3.8) is 0 Å². The third-order valence-corrected chi connectivity index (χ3v) is 4.81. The van der Waals surface area contributed by atoms with Gasteiger partial charge in [0.25, 0.3) is 5.91 Å². The van der Waals surface area contributed by atoms with Crippen molar-refractivity contribution in [3.05, 3.63) is 63.1 Å². The lowest BCUT2D eigenvalue weighted by Gasteiger charge is -2.12. The van der Waals surface area contributed by atoms with Gasteiger partial charge in [-0.2, -0.15) is 0 Å². The smallest absolute Gasteiger partial charge is 0.252 e. The zero-order valence-electron chi connectivity index (χ0n) is 14.1. The van der Waals surface area contributed by atoms with Crippen LogP contribution in [-0.4, -0.2) is 11.8 Å². The number of anilines is 1. The van der Waals surface area contributed by atoms with E-state index < -0.39 is 0 Å². The summed E-state index contributed by atoms with van der Waals surface area (Å²) in [4.78, 5) is 24.3. The molecule has 2 aromatic rings. The fourth-order valence-corrected chi connectivity index (χ4v) is 2.76. The number of halogens is 2. The standard InChI is InChI=1S/C19H20BrClN2O2/c1-3-12(2)18(24)23-15-6-4-5-13(9-15)11-22-19(25)16-10-14(21)7-8-17(16)20/h4-10,12H,3,11H2,1-2H3,(H,22,25)(H,23,24). The Kier molecular flexibility index (Phi) is 7.02. The van der Waals surface area contributed by atoms with E-state index >= 15 is 0 Å². The van der Waals surface area contributed by atoms with Gasteiger partial charge in [0.15, 0.2) is 0 Å². The quantitative estimate of drug-likeness (QED) is 0.685. The Morgan fingerprint density at radius 2 is 1.96 bits per heavy atom. The van der Waals surface area contributed by atoms with E-state index in [1.54, 1.807) is 18.2 Å². The van der Waals surface area contributed by atoms with Gasteiger partial charge in [0.1, 0.15) is 0 Å². The third-order valence-electron chi connectivity index (χ3n) is 3.88. The zero-order chi connectivity index (χ0) is 18.4. The van der Waals surface area contributed by atoms with Gasteiger partial charge in [0.05, 0.1) is 5.56 Å². The fourth-order valence-electron chi connectivity index (χ4n) is 2.16. The molecule has 0 saturated carbocycles. The summed E-state index contributed by atoms with van der Waals surface area (Å²) in [6, 6.07) is 12.5. The van der Waals surface area contributed by atoms with Crippen LogP contribution < -0.4 is 10.6 Å². The molecule has 0 bridgehead atoms. The van der Waals surface area contributed by atoms with Gasteiger partial charge in [-0.1, -0.05) is 37.6 Å². The van der Waals surface area contributed by atoms with E-state index in [0.717, 1.165) is 17.7 Å². The van der Waals surface area contributed by atoms with Crippen LogP contribution in [0.1, 0.15) is 36.2 Å². The molecule has 0 saturated heterocycles. The topological polar surface area (TPSA) is 58.2 Å². The number of nitrogens with one attached hydrogen (secondary N) is 2. The van der Waals surface area contributed by atoms with Crippen molar-refractivity contribution in [3.8, 4) is 0 Å². The lowest BCUT2D eigenvalue weighted by molar-refractivity contribution is -0.119. The maximum Gasteiger partial charge on any atom is 0.252 e. The van der Waals surface area contributed by atoms with Gasteiger partial charge >= 0.3 is 0 Å². The first-order chi connectivity index (χ1) is 11.9. The number of rotatable bonds is 6. The molecule has 0 radical (unpaired) electrons. The summed E-state index contributed by atoms with van der Waals surface area (Å²) in [6.07, 6.45) is 0.788. The number of hydrogen-bond acceptors (Lipinski definition) is 2. The van der Waals surface area contributed by atoms with E-state index in [1.807, 2.05) is 38.1 Å². The average molecular weight is 424 g/mol. The molecule has 4 nitrogen and oxygen atoms in total. The van der Waals surface area contributed by atoms with E-state index in [1.165, 1.54) is 0 Å². The van der Waals surface area contributed by atoms with Crippen molar-refractivity contribution in [2.24, 2.45) is 5.92 Å². The van der Waals surface area contributed by atoms with Crippen molar-refractivity contribution < 1.29 is 9.59 Å². The van der Waals surface area contributed by atoms with Gasteiger partial charge < -0.3 is 10.6 Å². The second-order valence-corrected chi connectivity index (χ2v) is 7.10. The Hall–Kier alpha value is -1.85. The Labute approximate surface area is 161 Å². The van der Waals surface area contributed by atoms with Crippen LogP contribution in [0.15, 0.2) is 46.9 Å². The molecular formula is C19H20BrClN2O2. The summed E-state index contributed by atoms with van der Waals surface area (Å²) < 4.78 is 0.684. The van der Waals surface area contributed by atoms with Crippen molar-refractivity contribution in [2.45, 2.75) is 26.8 Å². The van der Waals surface area contributed by atoms with Crippen molar-refractivity contribution in [1.29, 1.82) is 0 Å². The van der Waals surface area contributed by atoms with Gasteiger partial charge in [0, 0.05) is 27.6 Å². The van der Waals surface area contributed by atoms with Crippen LogP contribution in [0, 0.1) is 5.92 Å². The molecule has 1 unspecified atom stereocenters. The summed E-state index contributed by atoms with van der Waals surface area (Å²) in [7, 11) is 0. The summed E-state index contributed by atoms with van der Waals surface area (Å²) in [6.45, 7) is 4.22. The highest BCUT2D eigenvalue weighted by Gasteiger charge is 2.12. The second kappa shape index (κ2) is 9.02. The lowest BCUT2D eigenvalue weighted by Crippen LogP contribution is -2.23. The average Bonchev–Trinajstić information content (AvgIpc) is 2.61. The highest BCUT2D eigenvalue weighted by Crippen LogP contribution is 2.21. The molecule has 0 aromatic heterocycles. The van der Waals surface area contributed by atoms with Gasteiger partial charge in [-0.3, -0.25) is 9.59 Å². The number of carbonyl (C=O) groups excluding carboxylic acids is 2. The molecule has 132 valence electrons. The monoisotopic (exact) mass is 422 g/mol. The molecule has 0 fully saturated rings. The third kappa shape index (κ3) is 5.58. The summed E-state index contributed by atoms with van der Waals surface area (Å²) >= 11 is 9.29. The summed E-state index contributed by atoms with van der Waals surface area (Å²) in [5, 5.41) is 6.25. The van der Waals surface area contributed by atoms with Crippen LogP contribution in [0.2, 0.25) is 5.02 Å². The van der Waals surface area contributed by atoms with Gasteiger partial charge in [-0.15, -0.1) is 0 Å². The van der Waals surface area contributed by atoms with E-state index in [2.05, 4.69) is 26.6 Å². The van der Waals surface area contributed by atoms with Crippen LogP contribution in [0.5, 0.6) is 0 Å². The SMILES string of the molecule is CCC(C)C(=O)Nc1cccc(CNC(=O)c2cc(Cl)ccc2Br)c1. The minimum atomic E-state index is -0.219. The fraction of sp³-hybridized carbons (Fsp3) is 0.263. The molecule has 2 aromatic carbocycles. The predicted octanol–water partition coefficient (Wildman–Crippen LogP) is 5.02. The molecule has 6 heteroatoms. The molecule has 0 aliphatic heterocycles. The first kappa shape index (κ1) is 19.5. The first-order valence-corrected chi connectivity index (χ1v) is 9.21. The molecule has 0 aliphatic carbocycles. The molecule has 2 N–H and O–H groups in total. The minimum absolute atomic E-state index is 0.00783. The minimum Gasteiger partial charge on any atom is -0.348 e. The van der Waals surface area contributed by atoms with Crippen molar-refractivity contribution in [1.82, 2.24) is 5.32 Å². The molecule has 25 heavy (non-hydrogen) atoms. The lowest BCUT2D eigenvalue weighted by atomic mass is 10.1.